The van der Waals surface area contributed by atoms with E-state index in [1.165, 1.54) is 12.5 Å². The van der Waals surface area contributed by atoms with Crippen LogP contribution in [0.15, 0.2) is 47.0 Å². The SMILES string of the molecule is CC(=NO)c1cccc(NS(=O)(=O)c2cn(C)cn2)c1. The van der Waals surface area contributed by atoms with Gasteiger partial charge in [0.1, 0.15) is 0 Å². The molecule has 1 aromatic carbocycles. The van der Waals surface area contributed by atoms with Gasteiger partial charge in [-0.05, 0) is 19.1 Å². The zero-order valence-corrected chi connectivity index (χ0v) is 11.8. The number of aryl methyl sites for hydroxylation is 1. The summed E-state index contributed by atoms with van der Waals surface area (Å²) in [6.45, 7) is 1.62. The van der Waals surface area contributed by atoms with Crippen LogP contribution >= 0.6 is 0 Å². The third kappa shape index (κ3) is 2.97. The van der Waals surface area contributed by atoms with Crippen molar-refractivity contribution in [2.45, 2.75) is 11.9 Å². The van der Waals surface area contributed by atoms with E-state index in [0.29, 0.717) is 17.0 Å². The van der Waals surface area contributed by atoms with Crippen LogP contribution in [0.3, 0.4) is 0 Å². The number of hydrogen-bond donors (Lipinski definition) is 2. The Kier molecular flexibility index (Phi) is 3.75. The molecule has 2 N–H and O–H groups in total. The Bertz CT molecular complexity index is 750. The molecule has 0 amide bonds. The van der Waals surface area contributed by atoms with Crippen molar-refractivity contribution in [3.63, 3.8) is 0 Å². The van der Waals surface area contributed by atoms with Crippen LogP contribution in [0.4, 0.5) is 5.69 Å². The number of hydrogen-bond acceptors (Lipinski definition) is 5. The standard InChI is InChI=1S/C12H14N4O3S/c1-9(14-17)10-4-3-5-11(6-10)15-20(18,19)12-7-16(2)8-13-12/h3-8,15,17H,1-2H3. The molecule has 0 saturated carbocycles. The van der Waals surface area contributed by atoms with Crippen molar-refractivity contribution in [2.24, 2.45) is 12.2 Å². The first-order chi connectivity index (χ1) is 9.42. The lowest BCUT2D eigenvalue weighted by Crippen LogP contribution is -2.13. The van der Waals surface area contributed by atoms with Gasteiger partial charge in [0.25, 0.3) is 10.0 Å². The third-order valence-corrected chi connectivity index (χ3v) is 3.90. The highest BCUT2D eigenvalue weighted by Crippen LogP contribution is 2.16. The molecule has 0 saturated heterocycles. The van der Waals surface area contributed by atoms with Crippen LogP contribution in [0.25, 0.3) is 0 Å². The van der Waals surface area contributed by atoms with Gasteiger partial charge in [-0.15, -0.1) is 0 Å². The minimum absolute atomic E-state index is 0.0575. The van der Waals surface area contributed by atoms with E-state index >= 15 is 0 Å². The van der Waals surface area contributed by atoms with Crippen LogP contribution in [-0.4, -0.2) is 28.9 Å². The smallest absolute Gasteiger partial charge is 0.280 e. The van der Waals surface area contributed by atoms with E-state index in [0.717, 1.165) is 0 Å². The molecule has 1 heterocycles. The molecule has 0 aliphatic carbocycles. The summed E-state index contributed by atoms with van der Waals surface area (Å²) in [4.78, 5) is 3.81. The molecule has 0 aliphatic rings. The topological polar surface area (TPSA) is 96.6 Å². The summed E-state index contributed by atoms with van der Waals surface area (Å²) in [6, 6.07) is 6.57. The molecule has 0 bridgehead atoms. The molecule has 0 aliphatic heterocycles. The van der Waals surface area contributed by atoms with Gasteiger partial charge in [-0.3, -0.25) is 4.72 Å². The fraction of sp³-hybridized carbons (Fsp3) is 0.167. The van der Waals surface area contributed by atoms with Gasteiger partial charge in [-0.25, -0.2) is 4.98 Å². The van der Waals surface area contributed by atoms with Gasteiger partial charge >= 0.3 is 0 Å². The number of nitrogens with one attached hydrogen (secondary N) is 1. The fourth-order valence-corrected chi connectivity index (χ4v) is 2.63. The van der Waals surface area contributed by atoms with E-state index in [1.807, 2.05) is 0 Å². The predicted octanol–water partition coefficient (Wildman–Crippen LogP) is 1.42. The second kappa shape index (κ2) is 5.33. The number of benzene rings is 1. The van der Waals surface area contributed by atoms with Gasteiger partial charge in [-0.1, -0.05) is 17.3 Å². The molecular weight excluding hydrogens is 280 g/mol. The van der Waals surface area contributed by atoms with Crippen molar-refractivity contribution in [1.82, 2.24) is 9.55 Å². The highest BCUT2D eigenvalue weighted by atomic mass is 32.2. The summed E-state index contributed by atoms with van der Waals surface area (Å²) in [7, 11) is -2.04. The van der Waals surface area contributed by atoms with Gasteiger partial charge in [-0.2, -0.15) is 8.42 Å². The van der Waals surface area contributed by atoms with Crippen molar-refractivity contribution in [3.05, 3.63) is 42.4 Å². The Labute approximate surface area is 116 Å². The van der Waals surface area contributed by atoms with Crippen LogP contribution < -0.4 is 4.72 Å². The molecule has 7 nitrogen and oxygen atoms in total. The molecule has 1 aromatic heterocycles. The largest absolute Gasteiger partial charge is 0.411 e. The van der Waals surface area contributed by atoms with Crippen LogP contribution in [-0.2, 0) is 17.1 Å². The summed E-state index contributed by atoms with van der Waals surface area (Å²) in [5, 5.41) is 11.8. The van der Waals surface area contributed by atoms with Crippen LogP contribution in [0.2, 0.25) is 0 Å². The predicted molar refractivity (Wildman–Crippen MR) is 74.5 cm³/mol. The highest BCUT2D eigenvalue weighted by Gasteiger charge is 2.17. The van der Waals surface area contributed by atoms with E-state index in [1.54, 1.807) is 42.8 Å². The van der Waals surface area contributed by atoms with Crippen molar-refractivity contribution in [1.29, 1.82) is 0 Å². The van der Waals surface area contributed by atoms with E-state index in [-0.39, 0.29) is 5.03 Å². The number of anilines is 1. The van der Waals surface area contributed by atoms with Gasteiger partial charge in [0.15, 0.2) is 5.03 Å². The molecule has 106 valence electrons. The molecule has 0 unspecified atom stereocenters. The molecular formula is C12H14N4O3S. The van der Waals surface area contributed by atoms with Crippen LogP contribution in [0.5, 0.6) is 0 Å². The molecule has 2 aromatic rings. The molecule has 0 fully saturated rings. The molecule has 2 rings (SSSR count). The van der Waals surface area contributed by atoms with E-state index in [2.05, 4.69) is 14.9 Å². The summed E-state index contributed by atoms with van der Waals surface area (Å²) >= 11 is 0. The first-order valence-electron chi connectivity index (χ1n) is 5.72. The first kappa shape index (κ1) is 14.1. The lowest BCUT2D eigenvalue weighted by Gasteiger charge is -2.07. The minimum Gasteiger partial charge on any atom is -0.411 e. The van der Waals surface area contributed by atoms with Gasteiger partial charge in [0, 0.05) is 24.5 Å². The van der Waals surface area contributed by atoms with Gasteiger partial charge in [0.05, 0.1) is 12.0 Å². The Hall–Kier alpha value is -2.35. The summed E-state index contributed by atoms with van der Waals surface area (Å²) in [5.41, 5.74) is 1.38. The average Bonchev–Trinajstić information content (AvgIpc) is 2.85. The zero-order valence-electron chi connectivity index (χ0n) is 11.0. The third-order valence-electron chi connectivity index (χ3n) is 2.64. The van der Waals surface area contributed by atoms with E-state index in [4.69, 9.17) is 5.21 Å². The Morgan fingerprint density at radius 3 is 2.80 bits per heavy atom. The second-order valence-electron chi connectivity index (χ2n) is 4.25. The molecule has 20 heavy (non-hydrogen) atoms. The van der Waals surface area contributed by atoms with E-state index < -0.39 is 10.0 Å². The summed E-state index contributed by atoms with van der Waals surface area (Å²) in [5.74, 6) is 0. The monoisotopic (exact) mass is 294 g/mol. The van der Waals surface area contributed by atoms with Crippen molar-refractivity contribution >= 4 is 21.4 Å². The van der Waals surface area contributed by atoms with Crippen molar-refractivity contribution in [3.8, 4) is 0 Å². The van der Waals surface area contributed by atoms with Crippen molar-refractivity contribution in [2.75, 3.05) is 4.72 Å². The Morgan fingerprint density at radius 1 is 1.45 bits per heavy atom. The Morgan fingerprint density at radius 2 is 2.20 bits per heavy atom. The average molecular weight is 294 g/mol. The minimum atomic E-state index is -3.73. The summed E-state index contributed by atoms with van der Waals surface area (Å²) in [6.07, 6.45) is 2.82. The lowest BCUT2D eigenvalue weighted by atomic mass is 10.1. The molecule has 0 atom stereocenters. The maximum absolute atomic E-state index is 12.1. The molecule has 8 heteroatoms. The fourth-order valence-electron chi connectivity index (χ4n) is 1.60. The number of aromatic nitrogens is 2. The lowest BCUT2D eigenvalue weighted by molar-refractivity contribution is 0.319. The zero-order chi connectivity index (χ0) is 14.8. The summed E-state index contributed by atoms with van der Waals surface area (Å²) < 4.78 is 28.2. The normalized spacial score (nSPS) is 12.4. The number of imidazole rings is 1. The molecule has 0 radical (unpaired) electrons. The number of sulfonamides is 1. The van der Waals surface area contributed by atoms with Crippen LogP contribution in [0.1, 0.15) is 12.5 Å². The van der Waals surface area contributed by atoms with Gasteiger partial charge in [0.2, 0.25) is 0 Å². The number of rotatable bonds is 4. The number of oxime groups is 1. The quantitative estimate of drug-likeness (QED) is 0.506. The number of nitrogens with zero attached hydrogens (tertiary/aromatic N) is 3. The maximum Gasteiger partial charge on any atom is 0.280 e. The first-order valence-corrected chi connectivity index (χ1v) is 7.20. The van der Waals surface area contributed by atoms with Gasteiger partial charge < -0.3 is 9.77 Å². The van der Waals surface area contributed by atoms with Crippen molar-refractivity contribution < 1.29 is 13.6 Å². The second-order valence-corrected chi connectivity index (χ2v) is 5.88. The van der Waals surface area contributed by atoms with Crippen LogP contribution in [0, 0.1) is 0 Å². The van der Waals surface area contributed by atoms with E-state index in [9.17, 15) is 8.42 Å². The Balaban J connectivity index is 2.30. The molecule has 0 spiro atoms. The maximum atomic E-state index is 12.1. The highest BCUT2D eigenvalue weighted by molar-refractivity contribution is 7.92.